The van der Waals surface area contributed by atoms with E-state index < -0.39 is 0 Å². The largest absolute Gasteiger partial charge is 0.396 e. The molecular weight excluding hydrogens is 164 g/mol. The summed E-state index contributed by atoms with van der Waals surface area (Å²) in [6, 6.07) is 3.70. The molecule has 2 atom stereocenters. The standard InChI is InChI=1S/C10H16N2O/c1-2-8(7-13)10(11)9-3-5-12-6-4-9/h3-6,8,10,13H,2,7,11H2,1H3. The van der Waals surface area contributed by atoms with Gasteiger partial charge in [-0.2, -0.15) is 0 Å². The van der Waals surface area contributed by atoms with Gasteiger partial charge in [-0.05, 0) is 24.1 Å². The van der Waals surface area contributed by atoms with E-state index >= 15 is 0 Å². The molecule has 0 fully saturated rings. The van der Waals surface area contributed by atoms with Crippen LogP contribution in [0.4, 0.5) is 0 Å². The summed E-state index contributed by atoms with van der Waals surface area (Å²) in [5.74, 6) is 0.141. The zero-order chi connectivity index (χ0) is 9.68. The van der Waals surface area contributed by atoms with Crippen LogP contribution in [0.3, 0.4) is 0 Å². The maximum atomic E-state index is 9.06. The molecule has 0 spiro atoms. The molecule has 0 aliphatic carbocycles. The number of rotatable bonds is 4. The van der Waals surface area contributed by atoms with Crippen LogP contribution >= 0.6 is 0 Å². The predicted octanol–water partition coefficient (Wildman–Crippen LogP) is 1.10. The van der Waals surface area contributed by atoms with Gasteiger partial charge in [0, 0.05) is 31.0 Å². The van der Waals surface area contributed by atoms with Crippen LogP contribution in [0.5, 0.6) is 0 Å². The number of pyridine rings is 1. The van der Waals surface area contributed by atoms with Crippen LogP contribution in [0, 0.1) is 5.92 Å². The van der Waals surface area contributed by atoms with Crippen molar-refractivity contribution >= 4 is 0 Å². The van der Waals surface area contributed by atoms with Gasteiger partial charge in [0.15, 0.2) is 0 Å². The summed E-state index contributed by atoms with van der Waals surface area (Å²) in [4.78, 5) is 3.92. The number of nitrogens with two attached hydrogens (primary N) is 1. The van der Waals surface area contributed by atoms with Gasteiger partial charge in [-0.25, -0.2) is 0 Å². The monoisotopic (exact) mass is 180 g/mol. The van der Waals surface area contributed by atoms with E-state index in [-0.39, 0.29) is 18.6 Å². The molecule has 0 bridgehead atoms. The molecule has 0 aliphatic heterocycles. The van der Waals surface area contributed by atoms with E-state index in [0.29, 0.717) is 0 Å². The summed E-state index contributed by atoms with van der Waals surface area (Å²) < 4.78 is 0. The van der Waals surface area contributed by atoms with E-state index in [0.717, 1.165) is 12.0 Å². The predicted molar refractivity (Wildman–Crippen MR) is 52.0 cm³/mol. The zero-order valence-electron chi connectivity index (χ0n) is 7.85. The van der Waals surface area contributed by atoms with Crippen molar-refractivity contribution in [2.24, 2.45) is 11.7 Å². The Balaban J connectivity index is 2.72. The van der Waals surface area contributed by atoms with Crippen molar-refractivity contribution < 1.29 is 5.11 Å². The van der Waals surface area contributed by atoms with E-state index in [4.69, 9.17) is 10.8 Å². The molecule has 0 amide bonds. The van der Waals surface area contributed by atoms with Crippen molar-refractivity contribution in [3.05, 3.63) is 30.1 Å². The van der Waals surface area contributed by atoms with Gasteiger partial charge in [-0.3, -0.25) is 4.98 Å². The molecule has 1 aromatic rings. The lowest BCUT2D eigenvalue weighted by Gasteiger charge is -2.20. The number of aromatic nitrogens is 1. The lowest BCUT2D eigenvalue weighted by molar-refractivity contribution is 0.200. The lowest BCUT2D eigenvalue weighted by Crippen LogP contribution is -2.23. The van der Waals surface area contributed by atoms with Crippen LogP contribution in [-0.2, 0) is 0 Å². The Morgan fingerprint density at radius 1 is 1.46 bits per heavy atom. The van der Waals surface area contributed by atoms with Gasteiger partial charge < -0.3 is 10.8 Å². The lowest BCUT2D eigenvalue weighted by atomic mass is 9.93. The first kappa shape index (κ1) is 10.2. The Morgan fingerprint density at radius 2 is 2.08 bits per heavy atom. The second kappa shape index (κ2) is 4.94. The molecule has 0 saturated heterocycles. The number of aliphatic hydroxyl groups is 1. The van der Waals surface area contributed by atoms with Crippen LogP contribution in [0.2, 0.25) is 0 Å². The van der Waals surface area contributed by atoms with Crippen molar-refractivity contribution in [3.8, 4) is 0 Å². The van der Waals surface area contributed by atoms with Crippen molar-refractivity contribution in [2.45, 2.75) is 19.4 Å². The first-order chi connectivity index (χ1) is 6.29. The molecule has 0 radical (unpaired) electrons. The van der Waals surface area contributed by atoms with E-state index in [1.165, 1.54) is 0 Å². The molecular formula is C10H16N2O. The summed E-state index contributed by atoms with van der Waals surface area (Å²) in [7, 11) is 0. The summed E-state index contributed by atoms with van der Waals surface area (Å²) in [6.45, 7) is 2.17. The highest BCUT2D eigenvalue weighted by Crippen LogP contribution is 2.20. The molecule has 3 N–H and O–H groups in total. The quantitative estimate of drug-likeness (QED) is 0.729. The highest BCUT2D eigenvalue weighted by molar-refractivity contribution is 5.15. The van der Waals surface area contributed by atoms with Crippen LogP contribution in [-0.4, -0.2) is 16.7 Å². The average molecular weight is 180 g/mol. The first-order valence-electron chi connectivity index (χ1n) is 4.56. The highest BCUT2D eigenvalue weighted by atomic mass is 16.3. The molecule has 1 aromatic heterocycles. The SMILES string of the molecule is CCC(CO)C(N)c1ccncc1. The summed E-state index contributed by atoms with van der Waals surface area (Å²) in [6.07, 6.45) is 4.33. The zero-order valence-corrected chi connectivity index (χ0v) is 7.85. The van der Waals surface area contributed by atoms with E-state index in [1.807, 2.05) is 19.1 Å². The first-order valence-corrected chi connectivity index (χ1v) is 4.56. The Bertz CT molecular complexity index is 234. The number of aliphatic hydroxyl groups excluding tert-OH is 1. The topological polar surface area (TPSA) is 59.1 Å². The summed E-state index contributed by atoms with van der Waals surface area (Å²) in [5.41, 5.74) is 7.01. The van der Waals surface area contributed by atoms with E-state index in [1.54, 1.807) is 12.4 Å². The van der Waals surface area contributed by atoms with Crippen molar-refractivity contribution in [1.82, 2.24) is 4.98 Å². The Kier molecular flexibility index (Phi) is 3.86. The maximum Gasteiger partial charge on any atom is 0.0477 e. The van der Waals surface area contributed by atoms with Crippen molar-refractivity contribution in [1.29, 1.82) is 0 Å². The molecule has 3 nitrogen and oxygen atoms in total. The molecule has 13 heavy (non-hydrogen) atoms. The minimum atomic E-state index is -0.0852. The molecule has 1 heterocycles. The minimum absolute atomic E-state index is 0.0852. The van der Waals surface area contributed by atoms with Crippen LogP contribution in [0.1, 0.15) is 24.9 Å². The van der Waals surface area contributed by atoms with Crippen molar-refractivity contribution in [2.75, 3.05) is 6.61 Å². The Labute approximate surface area is 78.6 Å². The maximum absolute atomic E-state index is 9.06. The summed E-state index contributed by atoms with van der Waals surface area (Å²) >= 11 is 0. The molecule has 1 rings (SSSR count). The number of nitrogens with zero attached hydrogens (tertiary/aromatic N) is 1. The van der Waals surface area contributed by atoms with Gasteiger partial charge in [-0.15, -0.1) is 0 Å². The second-order valence-electron chi connectivity index (χ2n) is 3.16. The van der Waals surface area contributed by atoms with Gasteiger partial charge in [-0.1, -0.05) is 6.92 Å². The Hall–Kier alpha value is -0.930. The van der Waals surface area contributed by atoms with Gasteiger partial charge in [0.25, 0.3) is 0 Å². The average Bonchev–Trinajstić information content (AvgIpc) is 2.21. The van der Waals surface area contributed by atoms with Gasteiger partial charge >= 0.3 is 0 Å². The van der Waals surface area contributed by atoms with Crippen LogP contribution in [0.15, 0.2) is 24.5 Å². The fourth-order valence-electron chi connectivity index (χ4n) is 1.35. The molecule has 72 valence electrons. The van der Waals surface area contributed by atoms with Crippen LogP contribution < -0.4 is 5.73 Å². The van der Waals surface area contributed by atoms with Gasteiger partial charge in [0.2, 0.25) is 0 Å². The van der Waals surface area contributed by atoms with Gasteiger partial charge in [0.1, 0.15) is 0 Å². The van der Waals surface area contributed by atoms with E-state index in [9.17, 15) is 0 Å². The fourth-order valence-corrected chi connectivity index (χ4v) is 1.35. The molecule has 0 aliphatic rings. The molecule has 0 saturated carbocycles. The third kappa shape index (κ3) is 2.50. The molecule has 2 unspecified atom stereocenters. The molecule has 3 heteroatoms. The molecule has 0 aromatic carbocycles. The smallest absolute Gasteiger partial charge is 0.0477 e. The number of hydrogen-bond donors (Lipinski definition) is 2. The third-order valence-corrected chi connectivity index (χ3v) is 2.36. The number of hydrogen-bond acceptors (Lipinski definition) is 3. The summed E-state index contributed by atoms with van der Waals surface area (Å²) in [5, 5.41) is 9.06. The van der Waals surface area contributed by atoms with E-state index in [2.05, 4.69) is 4.98 Å². The third-order valence-electron chi connectivity index (χ3n) is 2.36. The normalized spacial score (nSPS) is 15.3. The Morgan fingerprint density at radius 3 is 2.54 bits per heavy atom. The van der Waals surface area contributed by atoms with Crippen molar-refractivity contribution in [3.63, 3.8) is 0 Å². The highest BCUT2D eigenvalue weighted by Gasteiger charge is 2.16. The second-order valence-corrected chi connectivity index (χ2v) is 3.16. The van der Waals surface area contributed by atoms with Gasteiger partial charge in [0.05, 0.1) is 0 Å². The fraction of sp³-hybridized carbons (Fsp3) is 0.500. The van der Waals surface area contributed by atoms with Crippen LogP contribution in [0.25, 0.3) is 0 Å². The minimum Gasteiger partial charge on any atom is -0.396 e.